The molecule has 0 fully saturated rings. The third-order valence-electron chi connectivity index (χ3n) is 1.96. The molecule has 1 rings (SSSR count). The molecule has 90 valence electrons. The third kappa shape index (κ3) is 3.39. The largest absolute Gasteiger partial charge is 0.573 e. The average Bonchev–Trinajstić information content (AvgIpc) is 2.15. The number of hydrogen-bond donors (Lipinski definition) is 2. The predicted molar refractivity (Wildman–Crippen MR) is 51.7 cm³/mol. The van der Waals surface area contributed by atoms with Gasteiger partial charge in [-0.15, -0.1) is 13.2 Å². The molecule has 0 aliphatic rings. The van der Waals surface area contributed by atoms with Gasteiger partial charge < -0.3 is 15.6 Å². The van der Waals surface area contributed by atoms with Crippen LogP contribution in [0.3, 0.4) is 0 Å². The lowest BCUT2D eigenvalue weighted by molar-refractivity contribution is -0.275. The van der Waals surface area contributed by atoms with Gasteiger partial charge in [-0.1, -0.05) is 18.2 Å². The number of aliphatic hydroxyl groups excluding tert-OH is 1. The molecule has 0 radical (unpaired) electrons. The zero-order valence-electron chi connectivity index (χ0n) is 8.53. The van der Waals surface area contributed by atoms with Gasteiger partial charge >= 0.3 is 6.36 Å². The van der Waals surface area contributed by atoms with Crippen molar-refractivity contribution in [2.75, 3.05) is 0 Å². The number of halogens is 3. The average molecular weight is 235 g/mol. The molecule has 0 amide bonds. The zero-order chi connectivity index (χ0) is 12.3. The SMILES string of the molecule is CC(N)C(O)c1ccccc1OC(F)(F)F. The first-order valence-electron chi connectivity index (χ1n) is 4.59. The van der Waals surface area contributed by atoms with E-state index in [0.717, 1.165) is 6.07 Å². The number of alkyl halides is 3. The van der Waals surface area contributed by atoms with Crippen LogP contribution in [-0.4, -0.2) is 17.5 Å². The van der Waals surface area contributed by atoms with E-state index in [0.29, 0.717) is 0 Å². The molecule has 6 heteroatoms. The Kier molecular flexibility index (Phi) is 3.77. The lowest BCUT2D eigenvalue weighted by Crippen LogP contribution is -2.26. The maximum absolute atomic E-state index is 12.1. The van der Waals surface area contributed by atoms with Crippen molar-refractivity contribution >= 4 is 0 Å². The first-order chi connectivity index (χ1) is 7.31. The van der Waals surface area contributed by atoms with Crippen LogP contribution in [0.25, 0.3) is 0 Å². The van der Waals surface area contributed by atoms with Gasteiger partial charge in [-0.2, -0.15) is 0 Å². The molecule has 2 unspecified atom stereocenters. The molecule has 16 heavy (non-hydrogen) atoms. The van der Waals surface area contributed by atoms with E-state index in [-0.39, 0.29) is 5.56 Å². The van der Waals surface area contributed by atoms with Gasteiger partial charge in [0.25, 0.3) is 0 Å². The van der Waals surface area contributed by atoms with Crippen molar-refractivity contribution in [2.24, 2.45) is 5.73 Å². The summed E-state index contributed by atoms with van der Waals surface area (Å²) in [6.45, 7) is 1.50. The summed E-state index contributed by atoms with van der Waals surface area (Å²) in [7, 11) is 0. The minimum Gasteiger partial charge on any atom is -0.405 e. The van der Waals surface area contributed by atoms with Crippen LogP contribution >= 0.6 is 0 Å². The molecule has 0 aliphatic heterocycles. The minimum absolute atomic E-state index is 0.0230. The molecular formula is C10H12F3NO2. The molecule has 0 bridgehead atoms. The summed E-state index contributed by atoms with van der Waals surface area (Å²) >= 11 is 0. The number of benzene rings is 1. The normalized spacial score (nSPS) is 15.6. The van der Waals surface area contributed by atoms with E-state index in [1.807, 2.05) is 0 Å². The molecule has 3 N–H and O–H groups in total. The first kappa shape index (κ1) is 12.8. The Labute approximate surface area is 90.6 Å². The lowest BCUT2D eigenvalue weighted by Gasteiger charge is -2.19. The predicted octanol–water partition coefficient (Wildman–Crippen LogP) is 1.97. The van der Waals surface area contributed by atoms with Crippen molar-refractivity contribution in [3.8, 4) is 5.75 Å². The number of nitrogens with two attached hydrogens (primary N) is 1. The van der Waals surface area contributed by atoms with E-state index >= 15 is 0 Å². The Morgan fingerprint density at radius 1 is 1.31 bits per heavy atom. The van der Waals surface area contributed by atoms with Crippen LogP contribution in [0.1, 0.15) is 18.6 Å². The molecule has 2 atom stereocenters. The number of ether oxygens (including phenoxy) is 1. The number of aliphatic hydroxyl groups is 1. The van der Waals surface area contributed by atoms with Crippen LogP contribution in [0.15, 0.2) is 24.3 Å². The lowest BCUT2D eigenvalue weighted by atomic mass is 10.0. The highest BCUT2D eigenvalue weighted by Gasteiger charge is 2.33. The molecular weight excluding hydrogens is 223 g/mol. The van der Waals surface area contributed by atoms with Gasteiger partial charge in [-0.05, 0) is 13.0 Å². The molecule has 0 saturated heterocycles. The molecule has 0 aliphatic carbocycles. The van der Waals surface area contributed by atoms with Crippen molar-refractivity contribution in [1.82, 2.24) is 0 Å². The van der Waals surface area contributed by atoms with E-state index in [1.54, 1.807) is 0 Å². The van der Waals surface area contributed by atoms with Crippen LogP contribution in [0, 0.1) is 0 Å². The highest BCUT2D eigenvalue weighted by Crippen LogP contribution is 2.30. The summed E-state index contributed by atoms with van der Waals surface area (Å²) in [5.74, 6) is -0.431. The standard InChI is InChI=1S/C10H12F3NO2/c1-6(14)9(15)7-4-2-3-5-8(7)16-10(11,12)13/h2-6,9,15H,14H2,1H3. The topological polar surface area (TPSA) is 55.5 Å². The van der Waals surface area contributed by atoms with E-state index in [9.17, 15) is 18.3 Å². The van der Waals surface area contributed by atoms with Gasteiger partial charge in [0, 0.05) is 11.6 Å². The summed E-state index contributed by atoms with van der Waals surface area (Å²) in [5, 5.41) is 9.60. The summed E-state index contributed by atoms with van der Waals surface area (Å²) in [5.41, 5.74) is 5.44. The third-order valence-corrected chi connectivity index (χ3v) is 1.96. The maximum Gasteiger partial charge on any atom is 0.573 e. The maximum atomic E-state index is 12.1. The fraction of sp³-hybridized carbons (Fsp3) is 0.400. The van der Waals surface area contributed by atoms with E-state index in [1.165, 1.54) is 25.1 Å². The summed E-state index contributed by atoms with van der Waals surface area (Å²) in [6.07, 6.45) is -5.98. The van der Waals surface area contributed by atoms with Crippen molar-refractivity contribution < 1.29 is 23.0 Å². The summed E-state index contributed by atoms with van der Waals surface area (Å²) in [6, 6.07) is 4.68. The smallest absolute Gasteiger partial charge is 0.405 e. The quantitative estimate of drug-likeness (QED) is 0.842. The van der Waals surface area contributed by atoms with Gasteiger partial charge in [0.05, 0.1) is 6.10 Å². The summed E-state index contributed by atoms with van der Waals surface area (Å²) < 4.78 is 39.9. The molecule has 1 aromatic carbocycles. The van der Waals surface area contributed by atoms with Gasteiger partial charge in [0.2, 0.25) is 0 Å². The highest BCUT2D eigenvalue weighted by molar-refractivity contribution is 5.35. The molecule has 3 nitrogen and oxygen atoms in total. The van der Waals surface area contributed by atoms with Crippen LogP contribution in [0.4, 0.5) is 13.2 Å². The van der Waals surface area contributed by atoms with Crippen molar-refractivity contribution in [3.63, 3.8) is 0 Å². The van der Waals surface area contributed by atoms with E-state index in [4.69, 9.17) is 5.73 Å². The fourth-order valence-electron chi connectivity index (χ4n) is 1.23. The van der Waals surface area contributed by atoms with Crippen molar-refractivity contribution in [3.05, 3.63) is 29.8 Å². The van der Waals surface area contributed by atoms with Gasteiger partial charge in [0.1, 0.15) is 5.75 Å². The van der Waals surface area contributed by atoms with Crippen molar-refractivity contribution in [1.29, 1.82) is 0 Å². The van der Waals surface area contributed by atoms with Crippen LogP contribution in [-0.2, 0) is 0 Å². The fourth-order valence-corrected chi connectivity index (χ4v) is 1.23. The molecule has 0 heterocycles. The Hall–Kier alpha value is -1.27. The Bertz CT molecular complexity index is 352. The molecule has 1 aromatic rings. The van der Waals surface area contributed by atoms with Crippen LogP contribution in [0.5, 0.6) is 5.75 Å². The Balaban J connectivity index is 3.01. The molecule has 0 spiro atoms. The number of para-hydroxylation sites is 1. The van der Waals surface area contributed by atoms with Crippen LogP contribution in [0.2, 0.25) is 0 Å². The van der Waals surface area contributed by atoms with Crippen molar-refractivity contribution in [2.45, 2.75) is 25.4 Å². The summed E-state index contributed by atoms with van der Waals surface area (Å²) in [4.78, 5) is 0. The van der Waals surface area contributed by atoms with Gasteiger partial charge in [-0.3, -0.25) is 0 Å². The second-order valence-electron chi connectivity index (χ2n) is 3.39. The second kappa shape index (κ2) is 4.71. The first-order valence-corrected chi connectivity index (χ1v) is 4.59. The van der Waals surface area contributed by atoms with Gasteiger partial charge in [0.15, 0.2) is 0 Å². The molecule has 0 aromatic heterocycles. The minimum atomic E-state index is -4.78. The highest BCUT2D eigenvalue weighted by atomic mass is 19.4. The monoisotopic (exact) mass is 235 g/mol. The van der Waals surface area contributed by atoms with Gasteiger partial charge in [-0.25, -0.2) is 0 Å². The Morgan fingerprint density at radius 2 is 1.88 bits per heavy atom. The Morgan fingerprint density at radius 3 is 2.38 bits per heavy atom. The van der Waals surface area contributed by atoms with E-state index < -0.39 is 24.3 Å². The van der Waals surface area contributed by atoms with E-state index in [2.05, 4.69) is 4.74 Å². The number of hydrogen-bond acceptors (Lipinski definition) is 3. The zero-order valence-corrected chi connectivity index (χ0v) is 8.53. The number of rotatable bonds is 3. The van der Waals surface area contributed by atoms with Crippen LogP contribution < -0.4 is 10.5 Å². The molecule has 0 saturated carbocycles. The second-order valence-corrected chi connectivity index (χ2v) is 3.39.